The number of amidine groups is 1. The molecule has 0 amide bonds. The fourth-order valence-corrected chi connectivity index (χ4v) is 1.32. The molecule has 1 aromatic carbocycles. The van der Waals surface area contributed by atoms with Crippen LogP contribution in [0.15, 0.2) is 24.3 Å². The second-order valence-corrected chi connectivity index (χ2v) is 3.26. The van der Waals surface area contributed by atoms with Gasteiger partial charge in [-0.3, -0.25) is 5.41 Å². The van der Waals surface area contributed by atoms with Crippen LogP contribution in [0.4, 0.5) is 4.39 Å². The number of halogens is 2. The summed E-state index contributed by atoms with van der Waals surface area (Å²) in [6.45, 7) is 0. The molecule has 1 rings (SSSR count). The molecule has 0 fully saturated rings. The minimum atomic E-state index is -0.244. The van der Waals surface area contributed by atoms with Crippen molar-refractivity contribution in [3.8, 4) is 0 Å². The summed E-state index contributed by atoms with van der Waals surface area (Å²) in [7, 11) is 0. The molecule has 0 aromatic heterocycles. The Labute approximate surface area is 91.0 Å². The first-order chi connectivity index (χ1) is 5.70. The van der Waals surface area contributed by atoms with Gasteiger partial charge in [0.25, 0.3) is 0 Å². The van der Waals surface area contributed by atoms with E-state index in [1.54, 1.807) is 18.2 Å². The van der Waals surface area contributed by atoms with Crippen molar-refractivity contribution in [2.45, 2.75) is 5.75 Å². The van der Waals surface area contributed by atoms with Gasteiger partial charge in [0.2, 0.25) is 0 Å². The molecule has 5 heteroatoms. The maximum Gasteiger partial charge on any atom is 0.151 e. The Morgan fingerprint density at radius 3 is 2.62 bits per heavy atom. The Morgan fingerprint density at radius 1 is 1.46 bits per heavy atom. The molecule has 1 aromatic rings. The van der Waals surface area contributed by atoms with Gasteiger partial charge in [0, 0.05) is 5.75 Å². The molecule has 0 bridgehead atoms. The third-order valence-electron chi connectivity index (χ3n) is 1.34. The molecule has 3 N–H and O–H groups in total. The van der Waals surface area contributed by atoms with Gasteiger partial charge in [0.1, 0.15) is 5.82 Å². The maximum absolute atomic E-state index is 12.9. The van der Waals surface area contributed by atoms with Gasteiger partial charge in [-0.15, -0.1) is 17.0 Å². The predicted molar refractivity (Wildman–Crippen MR) is 59.9 cm³/mol. The van der Waals surface area contributed by atoms with Gasteiger partial charge in [-0.25, -0.2) is 4.39 Å². The fourth-order valence-electron chi connectivity index (χ4n) is 0.771. The van der Waals surface area contributed by atoms with E-state index in [-0.39, 0.29) is 28.0 Å². The smallest absolute Gasteiger partial charge is 0.151 e. The van der Waals surface area contributed by atoms with E-state index < -0.39 is 0 Å². The summed E-state index contributed by atoms with van der Waals surface area (Å²) in [5, 5.41) is 6.94. The molecule has 0 atom stereocenters. The lowest BCUT2D eigenvalue weighted by Gasteiger charge is -2.00. The molecule has 0 aliphatic carbocycles. The molecule has 0 spiro atoms. The van der Waals surface area contributed by atoms with Crippen molar-refractivity contribution in [1.29, 1.82) is 5.41 Å². The molecule has 0 saturated carbocycles. The van der Waals surface area contributed by atoms with Gasteiger partial charge in [-0.05, 0) is 11.6 Å². The molecule has 2 nitrogen and oxygen atoms in total. The summed E-state index contributed by atoms with van der Waals surface area (Å²) in [5.74, 6) is 0.174. The van der Waals surface area contributed by atoms with Crippen LogP contribution in [0.3, 0.4) is 0 Å². The third kappa shape index (κ3) is 4.28. The lowest BCUT2D eigenvalue weighted by atomic mass is 10.2. The van der Waals surface area contributed by atoms with Crippen LogP contribution in [-0.2, 0) is 5.75 Å². The zero-order valence-electron chi connectivity index (χ0n) is 6.79. The summed E-state index contributed by atoms with van der Waals surface area (Å²) < 4.78 is 12.9. The third-order valence-corrected chi connectivity index (χ3v) is 2.11. The largest absolute Gasteiger partial charge is 0.379 e. The SMILES string of the molecule is Br.N=C(N)SCc1ccccc1F. The number of nitrogens with one attached hydrogen (secondary N) is 1. The molecule has 0 aliphatic heterocycles. The summed E-state index contributed by atoms with van der Waals surface area (Å²) >= 11 is 1.12. The standard InChI is InChI=1S/C8H9FN2S.BrH/c9-7-4-2-1-3-6(7)5-12-8(10)11;/h1-4H,5H2,(H3,10,11);1H. The first-order valence-electron chi connectivity index (χ1n) is 3.40. The van der Waals surface area contributed by atoms with Crippen molar-refractivity contribution < 1.29 is 4.39 Å². The summed E-state index contributed by atoms with van der Waals surface area (Å²) in [6, 6.07) is 6.48. The molecular formula is C8H10BrFN2S. The minimum Gasteiger partial charge on any atom is -0.379 e. The average Bonchev–Trinajstić information content (AvgIpc) is 2.03. The lowest BCUT2D eigenvalue weighted by Crippen LogP contribution is -2.04. The average molecular weight is 265 g/mol. The van der Waals surface area contributed by atoms with Crippen molar-refractivity contribution >= 4 is 33.9 Å². The Bertz CT molecular complexity index is 293. The van der Waals surface area contributed by atoms with Gasteiger partial charge >= 0.3 is 0 Å². The monoisotopic (exact) mass is 264 g/mol. The van der Waals surface area contributed by atoms with E-state index in [9.17, 15) is 4.39 Å². The van der Waals surface area contributed by atoms with Crippen molar-refractivity contribution in [3.63, 3.8) is 0 Å². The van der Waals surface area contributed by atoms with Gasteiger partial charge < -0.3 is 5.73 Å². The van der Waals surface area contributed by atoms with Gasteiger partial charge in [-0.1, -0.05) is 30.0 Å². The molecule has 0 heterocycles. The highest BCUT2D eigenvalue weighted by Crippen LogP contribution is 2.14. The van der Waals surface area contributed by atoms with Crippen LogP contribution < -0.4 is 5.73 Å². The highest BCUT2D eigenvalue weighted by molar-refractivity contribution is 8.93. The van der Waals surface area contributed by atoms with Crippen LogP contribution in [0.2, 0.25) is 0 Å². The first kappa shape index (κ1) is 12.4. The topological polar surface area (TPSA) is 49.9 Å². The molecule has 0 unspecified atom stereocenters. The highest BCUT2D eigenvalue weighted by Gasteiger charge is 2.00. The van der Waals surface area contributed by atoms with Crippen LogP contribution in [0.5, 0.6) is 0 Å². The van der Waals surface area contributed by atoms with Crippen LogP contribution in [0.25, 0.3) is 0 Å². The van der Waals surface area contributed by atoms with Crippen molar-refractivity contribution in [2.75, 3.05) is 0 Å². The maximum atomic E-state index is 12.9. The van der Waals surface area contributed by atoms with E-state index in [0.717, 1.165) is 11.8 Å². The number of nitrogens with two attached hydrogens (primary N) is 1. The van der Waals surface area contributed by atoms with Crippen LogP contribution in [0.1, 0.15) is 5.56 Å². The Balaban J connectivity index is 0.00000144. The van der Waals surface area contributed by atoms with E-state index in [0.29, 0.717) is 11.3 Å². The van der Waals surface area contributed by atoms with E-state index in [2.05, 4.69) is 0 Å². The van der Waals surface area contributed by atoms with E-state index in [1.165, 1.54) is 6.07 Å². The number of hydrogen-bond acceptors (Lipinski definition) is 2. The normalized spacial score (nSPS) is 9.00. The molecule has 72 valence electrons. The zero-order valence-corrected chi connectivity index (χ0v) is 9.32. The molecule has 0 saturated heterocycles. The van der Waals surface area contributed by atoms with Crippen LogP contribution in [-0.4, -0.2) is 5.17 Å². The quantitative estimate of drug-likeness (QED) is 0.637. The molecule has 0 radical (unpaired) electrons. The summed E-state index contributed by atoms with van der Waals surface area (Å²) in [5.41, 5.74) is 5.70. The van der Waals surface area contributed by atoms with Gasteiger partial charge in [0.05, 0.1) is 0 Å². The summed E-state index contributed by atoms with van der Waals surface area (Å²) in [6.07, 6.45) is 0. The Morgan fingerprint density at radius 2 is 2.08 bits per heavy atom. The van der Waals surface area contributed by atoms with E-state index in [1.807, 2.05) is 0 Å². The number of rotatable bonds is 2. The first-order valence-corrected chi connectivity index (χ1v) is 4.39. The molecule has 13 heavy (non-hydrogen) atoms. The number of benzene rings is 1. The van der Waals surface area contributed by atoms with Gasteiger partial charge in [0.15, 0.2) is 5.17 Å². The molecular weight excluding hydrogens is 255 g/mol. The Hall–Kier alpha value is -0.550. The van der Waals surface area contributed by atoms with Crippen molar-refractivity contribution in [3.05, 3.63) is 35.6 Å². The van der Waals surface area contributed by atoms with Gasteiger partial charge in [-0.2, -0.15) is 0 Å². The number of thioether (sulfide) groups is 1. The Kier molecular flexibility index (Phi) is 5.73. The number of hydrogen-bond donors (Lipinski definition) is 2. The predicted octanol–water partition coefficient (Wildman–Crippen LogP) is 2.53. The van der Waals surface area contributed by atoms with E-state index >= 15 is 0 Å². The van der Waals surface area contributed by atoms with Crippen LogP contribution >= 0.6 is 28.7 Å². The minimum absolute atomic E-state index is 0. The second-order valence-electron chi connectivity index (χ2n) is 2.24. The van der Waals surface area contributed by atoms with Crippen molar-refractivity contribution in [1.82, 2.24) is 0 Å². The molecule has 0 aliphatic rings. The lowest BCUT2D eigenvalue weighted by molar-refractivity contribution is 0.617. The zero-order chi connectivity index (χ0) is 8.97. The summed E-state index contributed by atoms with van der Waals surface area (Å²) in [4.78, 5) is 0. The second kappa shape index (κ2) is 5.99. The van der Waals surface area contributed by atoms with Crippen molar-refractivity contribution in [2.24, 2.45) is 5.73 Å². The van der Waals surface area contributed by atoms with E-state index in [4.69, 9.17) is 11.1 Å². The van der Waals surface area contributed by atoms with Crippen LogP contribution in [0, 0.1) is 11.2 Å². The fraction of sp³-hybridized carbons (Fsp3) is 0.125. The highest BCUT2D eigenvalue weighted by atomic mass is 79.9.